The zero-order chi connectivity index (χ0) is 17.7. The van der Waals surface area contributed by atoms with Crippen molar-refractivity contribution in [3.8, 4) is 0 Å². The van der Waals surface area contributed by atoms with Crippen LogP contribution >= 0.6 is 0 Å². The van der Waals surface area contributed by atoms with Gasteiger partial charge in [0.15, 0.2) is 5.84 Å². The summed E-state index contributed by atoms with van der Waals surface area (Å²) in [5.74, 6) is 1.83. The maximum Gasteiger partial charge on any atom is 0.255 e. The number of hydrogen-bond donors (Lipinski definition) is 1. The van der Waals surface area contributed by atoms with E-state index in [1.807, 2.05) is 35.2 Å². The second-order valence-corrected chi connectivity index (χ2v) is 7.54. The number of carbonyl (C=O) groups is 1. The van der Waals surface area contributed by atoms with E-state index in [-0.39, 0.29) is 24.1 Å². The van der Waals surface area contributed by atoms with Crippen molar-refractivity contribution in [2.75, 3.05) is 6.61 Å². The molecule has 2 aliphatic carbocycles. The number of amidine groups is 1. The summed E-state index contributed by atoms with van der Waals surface area (Å²) < 4.78 is 0. The van der Waals surface area contributed by atoms with E-state index >= 15 is 0 Å². The maximum atomic E-state index is 13.6. The third kappa shape index (κ3) is 2.22. The topological polar surface area (TPSA) is 74.5 Å². The first-order chi connectivity index (χ1) is 12.8. The standard InChI is InChI=1S/C20H21N3O3/c24-19(23-13(12-26-25)7-8-16-17-11-20(16,17)23)15-6-2-1-5-14(15)18-21-9-3-4-10-22-18/h1-3,5-6,9-10,13,16-17,25H,4,7-8,11-12H2. The molecule has 4 aliphatic rings. The van der Waals surface area contributed by atoms with Crippen LogP contribution in [0.5, 0.6) is 0 Å². The molecular weight excluding hydrogens is 330 g/mol. The van der Waals surface area contributed by atoms with Crippen molar-refractivity contribution in [2.45, 2.75) is 37.3 Å². The summed E-state index contributed by atoms with van der Waals surface area (Å²) in [4.78, 5) is 28.8. The van der Waals surface area contributed by atoms with Crippen LogP contribution in [0.4, 0.5) is 0 Å². The van der Waals surface area contributed by atoms with Gasteiger partial charge in [0.2, 0.25) is 0 Å². The fourth-order valence-electron chi connectivity index (χ4n) is 4.91. The number of hydrogen-bond acceptors (Lipinski definition) is 5. The van der Waals surface area contributed by atoms with Crippen LogP contribution in [-0.4, -0.2) is 46.3 Å². The first kappa shape index (κ1) is 15.9. The smallest absolute Gasteiger partial charge is 0.255 e. The third-order valence-electron chi connectivity index (χ3n) is 6.31. The molecule has 4 atom stereocenters. The molecule has 6 nitrogen and oxygen atoms in total. The largest absolute Gasteiger partial charge is 0.327 e. The maximum absolute atomic E-state index is 13.6. The van der Waals surface area contributed by atoms with Crippen molar-refractivity contribution in [1.82, 2.24) is 4.90 Å². The van der Waals surface area contributed by atoms with Crippen LogP contribution in [0.1, 0.15) is 41.6 Å². The summed E-state index contributed by atoms with van der Waals surface area (Å²) in [5, 5.41) is 8.99. The van der Waals surface area contributed by atoms with E-state index in [0.717, 1.165) is 31.2 Å². The van der Waals surface area contributed by atoms with Gasteiger partial charge < -0.3 is 4.90 Å². The van der Waals surface area contributed by atoms with Crippen molar-refractivity contribution in [2.24, 2.45) is 21.8 Å². The van der Waals surface area contributed by atoms with Gasteiger partial charge in [-0.25, -0.2) is 14.9 Å². The van der Waals surface area contributed by atoms with Crippen molar-refractivity contribution < 1.29 is 14.9 Å². The Morgan fingerprint density at radius 2 is 2.19 bits per heavy atom. The van der Waals surface area contributed by atoms with E-state index in [9.17, 15) is 4.79 Å². The summed E-state index contributed by atoms with van der Waals surface area (Å²) in [7, 11) is 0. The number of piperidine rings is 1. The number of amides is 1. The van der Waals surface area contributed by atoms with Crippen LogP contribution in [0, 0.1) is 11.8 Å². The molecule has 0 bridgehead atoms. The lowest BCUT2D eigenvalue weighted by Gasteiger charge is -2.39. The second-order valence-electron chi connectivity index (χ2n) is 7.54. The average Bonchev–Trinajstić information content (AvgIpc) is 3.53. The predicted octanol–water partition coefficient (Wildman–Crippen LogP) is 2.90. The number of fused-ring (bicyclic) bond motifs is 1. The van der Waals surface area contributed by atoms with Gasteiger partial charge in [0.05, 0.1) is 17.1 Å². The summed E-state index contributed by atoms with van der Waals surface area (Å²) in [6.45, 7) is 0.164. The Labute approximate surface area is 151 Å². The fourth-order valence-corrected chi connectivity index (χ4v) is 4.91. The van der Waals surface area contributed by atoms with Gasteiger partial charge in [-0.15, -0.1) is 0 Å². The molecule has 3 fully saturated rings. The highest BCUT2D eigenvalue weighted by atomic mass is 17.1. The molecule has 2 saturated carbocycles. The normalized spacial score (nSPS) is 33.8. The highest BCUT2D eigenvalue weighted by Gasteiger charge is 2.83. The highest BCUT2D eigenvalue weighted by Crippen LogP contribution is 2.78. The Morgan fingerprint density at radius 1 is 1.31 bits per heavy atom. The molecule has 1 aromatic rings. The number of aliphatic imine (C=N–C) groups is 2. The lowest BCUT2D eigenvalue weighted by molar-refractivity contribution is -0.252. The van der Waals surface area contributed by atoms with Crippen molar-refractivity contribution in [3.05, 3.63) is 47.7 Å². The van der Waals surface area contributed by atoms with Crippen LogP contribution in [-0.2, 0) is 4.89 Å². The zero-order valence-electron chi connectivity index (χ0n) is 14.4. The van der Waals surface area contributed by atoms with Gasteiger partial charge in [-0.05, 0) is 37.2 Å². The number of rotatable bonds is 4. The number of allylic oxidation sites excluding steroid dienone is 1. The molecule has 1 spiro atoms. The molecule has 26 heavy (non-hydrogen) atoms. The molecule has 1 saturated heterocycles. The molecule has 2 heterocycles. The minimum Gasteiger partial charge on any atom is -0.327 e. The zero-order valence-corrected chi connectivity index (χ0v) is 14.4. The van der Waals surface area contributed by atoms with Gasteiger partial charge in [0.25, 0.3) is 5.91 Å². The van der Waals surface area contributed by atoms with Gasteiger partial charge in [0.1, 0.15) is 6.61 Å². The van der Waals surface area contributed by atoms with Crippen LogP contribution in [0.2, 0.25) is 0 Å². The number of benzene rings is 1. The number of carbonyl (C=O) groups excluding carboxylic acids is 1. The van der Waals surface area contributed by atoms with Crippen LogP contribution < -0.4 is 0 Å². The third-order valence-corrected chi connectivity index (χ3v) is 6.31. The van der Waals surface area contributed by atoms with E-state index in [1.54, 1.807) is 12.4 Å². The molecule has 0 aromatic heterocycles. The first-order valence-corrected chi connectivity index (χ1v) is 9.22. The lowest BCUT2D eigenvalue weighted by atomic mass is 9.92. The van der Waals surface area contributed by atoms with E-state index < -0.39 is 0 Å². The monoisotopic (exact) mass is 351 g/mol. The predicted molar refractivity (Wildman–Crippen MR) is 97.3 cm³/mol. The van der Waals surface area contributed by atoms with Crippen LogP contribution in [0.15, 0.2) is 46.5 Å². The van der Waals surface area contributed by atoms with Gasteiger partial charge in [0, 0.05) is 24.4 Å². The fraction of sp³-hybridized carbons (Fsp3) is 0.450. The summed E-state index contributed by atoms with van der Waals surface area (Å²) in [6, 6.07) is 7.45. The average molecular weight is 351 g/mol. The van der Waals surface area contributed by atoms with Crippen molar-refractivity contribution in [3.63, 3.8) is 0 Å². The second kappa shape index (κ2) is 5.86. The van der Waals surface area contributed by atoms with Crippen LogP contribution in [0.3, 0.4) is 0 Å². The van der Waals surface area contributed by atoms with Gasteiger partial charge in [-0.2, -0.15) is 0 Å². The quantitative estimate of drug-likeness (QED) is 0.669. The molecule has 1 amide bonds. The summed E-state index contributed by atoms with van der Waals surface area (Å²) in [5.41, 5.74) is 1.38. The Morgan fingerprint density at radius 3 is 3.04 bits per heavy atom. The van der Waals surface area contributed by atoms with E-state index in [4.69, 9.17) is 5.26 Å². The Balaban J connectivity index is 1.53. The molecular formula is C20H21N3O3. The van der Waals surface area contributed by atoms with E-state index in [1.165, 1.54) is 0 Å². The van der Waals surface area contributed by atoms with Crippen LogP contribution in [0.25, 0.3) is 0 Å². The molecule has 5 rings (SSSR count). The molecule has 2 aliphatic heterocycles. The molecule has 4 unspecified atom stereocenters. The van der Waals surface area contributed by atoms with Gasteiger partial charge >= 0.3 is 0 Å². The molecule has 134 valence electrons. The highest BCUT2D eigenvalue weighted by molar-refractivity contribution is 6.12. The summed E-state index contributed by atoms with van der Waals surface area (Å²) in [6.07, 6.45) is 9.28. The molecule has 1 N–H and O–H groups in total. The Bertz CT molecular complexity index is 846. The van der Waals surface area contributed by atoms with E-state index in [0.29, 0.717) is 23.2 Å². The first-order valence-electron chi connectivity index (χ1n) is 9.22. The van der Waals surface area contributed by atoms with Crippen molar-refractivity contribution in [1.29, 1.82) is 0 Å². The molecule has 6 heteroatoms. The Hall–Kier alpha value is -2.31. The SMILES string of the molecule is O=C(c1ccccc1C1=NC=CCC=N1)N1C(COO)CCC2C3CC231. The minimum atomic E-state index is -0.0798. The van der Waals surface area contributed by atoms with Gasteiger partial charge in [-0.3, -0.25) is 10.1 Å². The lowest BCUT2D eigenvalue weighted by Crippen LogP contribution is -2.51. The molecule has 0 radical (unpaired) electrons. The number of likely N-dealkylation sites (tertiary alicyclic amines) is 1. The number of nitrogens with zero attached hydrogens (tertiary/aromatic N) is 3. The summed E-state index contributed by atoms with van der Waals surface area (Å²) >= 11 is 0. The molecule has 1 aromatic carbocycles. The van der Waals surface area contributed by atoms with Crippen molar-refractivity contribution >= 4 is 18.0 Å². The Kier molecular flexibility index (Phi) is 3.58. The minimum absolute atomic E-state index is 0.00141. The van der Waals surface area contributed by atoms with E-state index in [2.05, 4.69) is 14.9 Å². The van der Waals surface area contributed by atoms with Gasteiger partial charge in [-0.1, -0.05) is 24.3 Å².